The second kappa shape index (κ2) is 5.32. The molecule has 2 atom stereocenters. The van der Waals surface area contributed by atoms with E-state index in [9.17, 15) is 13.2 Å². The second-order valence-electron chi connectivity index (χ2n) is 4.62. The van der Waals surface area contributed by atoms with E-state index < -0.39 is 16.1 Å². The van der Waals surface area contributed by atoms with E-state index in [2.05, 4.69) is 15.4 Å². The second-order valence-corrected chi connectivity index (χ2v) is 6.49. The zero-order chi connectivity index (χ0) is 12.3. The average molecular weight is 261 g/mol. The van der Waals surface area contributed by atoms with Gasteiger partial charge in [-0.25, -0.2) is 13.1 Å². The van der Waals surface area contributed by atoms with Gasteiger partial charge in [0, 0.05) is 12.6 Å². The first kappa shape index (κ1) is 12.8. The molecule has 2 fully saturated rings. The minimum Gasteiger partial charge on any atom is -0.355 e. The monoisotopic (exact) mass is 261 g/mol. The van der Waals surface area contributed by atoms with Crippen LogP contribution in [0.5, 0.6) is 0 Å². The number of carbonyl (C=O) groups is 1. The highest BCUT2D eigenvalue weighted by Gasteiger charge is 2.33. The predicted octanol–water partition coefficient (Wildman–Crippen LogP) is -1.06. The third-order valence-corrected chi connectivity index (χ3v) is 4.70. The zero-order valence-electron chi connectivity index (χ0n) is 9.74. The van der Waals surface area contributed by atoms with Crippen LogP contribution in [-0.2, 0) is 14.8 Å². The van der Waals surface area contributed by atoms with Crippen LogP contribution in [0.25, 0.3) is 0 Å². The van der Waals surface area contributed by atoms with Gasteiger partial charge in [0.1, 0.15) is 6.04 Å². The Morgan fingerprint density at radius 3 is 2.76 bits per heavy atom. The summed E-state index contributed by atoms with van der Waals surface area (Å²) in [6.07, 6.45) is 3.09. The quantitative estimate of drug-likeness (QED) is 0.561. The molecule has 17 heavy (non-hydrogen) atoms. The summed E-state index contributed by atoms with van der Waals surface area (Å²) in [7, 11) is -3.22. The van der Waals surface area contributed by atoms with E-state index in [4.69, 9.17) is 0 Å². The van der Waals surface area contributed by atoms with Crippen molar-refractivity contribution in [1.82, 2.24) is 15.4 Å². The highest BCUT2D eigenvalue weighted by molar-refractivity contribution is 7.89. The van der Waals surface area contributed by atoms with Crippen molar-refractivity contribution >= 4 is 15.9 Å². The maximum atomic E-state index is 11.8. The van der Waals surface area contributed by atoms with Gasteiger partial charge in [0.2, 0.25) is 15.9 Å². The van der Waals surface area contributed by atoms with Gasteiger partial charge in [-0.15, -0.1) is 0 Å². The van der Waals surface area contributed by atoms with Crippen LogP contribution in [0.4, 0.5) is 0 Å². The van der Waals surface area contributed by atoms with Crippen molar-refractivity contribution in [2.45, 2.75) is 37.8 Å². The van der Waals surface area contributed by atoms with Crippen molar-refractivity contribution in [3.63, 3.8) is 0 Å². The van der Waals surface area contributed by atoms with Gasteiger partial charge in [-0.3, -0.25) is 4.79 Å². The first-order valence-corrected chi connectivity index (χ1v) is 7.75. The number of nitrogens with one attached hydrogen (secondary N) is 3. The first-order valence-electron chi connectivity index (χ1n) is 6.09. The molecule has 0 aromatic rings. The van der Waals surface area contributed by atoms with Gasteiger partial charge < -0.3 is 10.6 Å². The fraction of sp³-hybridized carbons (Fsp3) is 0.900. The molecule has 2 saturated heterocycles. The van der Waals surface area contributed by atoms with Crippen molar-refractivity contribution in [3.05, 3.63) is 0 Å². The van der Waals surface area contributed by atoms with Crippen molar-refractivity contribution in [2.24, 2.45) is 0 Å². The third kappa shape index (κ3) is 3.40. The van der Waals surface area contributed by atoms with E-state index in [1.54, 1.807) is 0 Å². The van der Waals surface area contributed by atoms with Gasteiger partial charge in [-0.2, -0.15) is 0 Å². The smallest absolute Gasteiger partial charge is 0.238 e. The Labute approximate surface area is 102 Å². The standard InChI is InChI=1S/C10H19N3O3S/c14-10-9(11-5-3-6-12-10)8-4-1-2-7-17(15,16)13-8/h8-9,11,13H,1-7H2,(H,12,14). The molecule has 0 spiro atoms. The zero-order valence-corrected chi connectivity index (χ0v) is 10.6. The molecule has 3 N–H and O–H groups in total. The average Bonchev–Trinajstić information content (AvgIpc) is 2.56. The number of amides is 1. The van der Waals surface area contributed by atoms with Gasteiger partial charge in [-0.1, -0.05) is 6.42 Å². The lowest BCUT2D eigenvalue weighted by Crippen LogP contribution is -2.55. The molecular formula is C10H19N3O3S. The molecule has 0 bridgehead atoms. The maximum Gasteiger partial charge on any atom is 0.238 e. The molecule has 2 aliphatic heterocycles. The summed E-state index contributed by atoms with van der Waals surface area (Å²) >= 11 is 0. The van der Waals surface area contributed by atoms with Gasteiger partial charge in [0.25, 0.3) is 0 Å². The van der Waals surface area contributed by atoms with E-state index >= 15 is 0 Å². The summed E-state index contributed by atoms with van der Waals surface area (Å²) in [6, 6.07) is -0.758. The minimum atomic E-state index is -3.22. The highest BCUT2D eigenvalue weighted by Crippen LogP contribution is 2.13. The summed E-state index contributed by atoms with van der Waals surface area (Å²) in [4.78, 5) is 11.8. The van der Waals surface area contributed by atoms with Crippen LogP contribution in [0.1, 0.15) is 25.7 Å². The van der Waals surface area contributed by atoms with E-state index in [-0.39, 0.29) is 17.7 Å². The van der Waals surface area contributed by atoms with Crippen LogP contribution < -0.4 is 15.4 Å². The number of sulfonamides is 1. The summed E-state index contributed by atoms with van der Waals surface area (Å²) in [5.74, 6) is 0.0646. The molecule has 7 heteroatoms. The summed E-state index contributed by atoms with van der Waals surface area (Å²) in [6.45, 7) is 1.39. The van der Waals surface area contributed by atoms with Crippen LogP contribution in [0.3, 0.4) is 0 Å². The Morgan fingerprint density at radius 1 is 1.12 bits per heavy atom. The Balaban J connectivity index is 2.10. The topological polar surface area (TPSA) is 87.3 Å². The molecule has 6 nitrogen and oxygen atoms in total. The third-order valence-electron chi connectivity index (χ3n) is 3.21. The maximum absolute atomic E-state index is 11.8. The molecule has 0 aromatic carbocycles. The Hall–Kier alpha value is -0.660. The summed E-state index contributed by atoms with van der Waals surface area (Å²) in [5, 5.41) is 5.93. The predicted molar refractivity (Wildman–Crippen MR) is 64.0 cm³/mol. The lowest BCUT2D eigenvalue weighted by atomic mass is 10.0. The molecule has 2 unspecified atom stereocenters. The normalized spacial score (nSPS) is 34.5. The Bertz CT molecular complexity index is 382. The summed E-state index contributed by atoms with van der Waals surface area (Å²) < 4.78 is 25.9. The van der Waals surface area contributed by atoms with Crippen molar-refractivity contribution in [2.75, 3.05) is 18.8 Å². The van der Waals surface area contributed by atoms with Crippen LogP contribution in [0, 0.1) is 0 Å². The molecule has 2 rings (SSSR count). The summed E-state index contributed by atoms with van der Waals surface area (Å²) in [5.41, 5.74) is 0. The molecule has 2 aliphatic rings. The SMILES string of the molecule is O=C1NCCCNC1C1CCCCS(=O)(=O)N1. The molecule has 2 heterocycles. The van der Waals surface area contributed by atoms with Gasteiger partial charge in [-0.05, 0) is 25.8 Å². The molecule has 0 saturated carbocycles. The minimum absolute atomic E-state index is 0.0999. The van der Waals surface area contributed by atoms with Crippen molar-refractivity contribution < 1.29 is 13.2 Å². The van der Waals surface area contributed by atoms with Gasteiger partial charge in [0.05, 0.1) is 5.75 Å². The van der Waals surface area contributed by atoms with E-state index in [0.717, 1.165) is 19.4 Å². The lowest BCUT2D eigenvalue weighted by molar-refractivity contribution is -0.123. The number of rotatable bonds is 1. The van der Waals surface area contributed by atoms with Crippen LogP contribution in [-0.4, -0.2) is 45.3 Å². The molecule has 0 radical (unpaired) electrons. The molecular weight excluding hydrogens is 242 g/mol. The van der Waals surface area contributed by atoms with Crippen molar-refractivity contribution in [1.29, 1.82) is 0 Å². The van der Waals surface area contributed by atoms with E-state index in [1.165, 1.54) is 0 Å². The Kier molecular flexibility index (Phi) is 4.01. The first-order chi connectivity index (χ1) is 8.08. The van der Waals surface area contributed by atoms with E-state index in [0.29, 0.717) is 19.4 Å². The fourth-order valence-corrected chi connectivity index (χ4v) is 3.74. The fourth-order valence-electron chi connectivity index (χ4n) is 2.32. The molecule has 0 aromatic heterocycles. The van der Waals surface area contributed by atoms with Crippen LogP contribution in [0.2, 0.25) is 0 Å². The van der Waals surface area contributed by atoms with Gasteiger partial charge in [0.15, 0.2) is 0 Å². The lowest BCUT2D eigenvalue weighted by Gasteiger charge is -2.24. The van der Waals surface area contributed by atoms with Crippen LogP contribution >= 0.6 is 0 Å². The number of carbonyl (C=O) groups excluding carboxylic acids is 1. The van der Waals surface area contributed by atoms with Gasteiger partial charge >= 0.3 is 0 Å². The molecule has 0 aliphatic carbocycles. The Morgan fingerprint density at radius 2 is 1.94 bits per heavy atom. The molecule has 98 valence electrons. The van der Waals surface area contributed by atoms with Crippen LogP contribution in [0.15, 0.2) is 0 Å². The van der Waals surface area contributed by atoms with Crippen molar-refractivity contribution in [3.8, 4) is 0 Å². The number of hydrogen-bond acceptors (Lipinski definition) is 4. The van der Waals surface area contributed by atoms with E-state index in [1.807, 2.05) is 0 Å². The largest absolute Gasteiger partial charge is 0.355 e. The molecule has 1 amide bonds. The highest BCUT2D eigenvalue weighted by atomic mass is 32.2. The number of hydrogen-bond donors (Lipinski definition) is 3.